The Morgan fingerprint density at radius 3 is 2.53 bits per heavy atom. The lowest BCUT2D eigenvalue weighted by Gasteiger charge is -2.19. The van der Waals surface area contributed by atoms with Gasteiger partial charge in [0.2, 0.25) is 0 Å². The molecule has 0 saturated carbocycles. The van der Waals surface area contributed by atoms with Crippen molar-refractivity contribution in [1.82, 2.24) is 9.47 Å². The third-order valence-electron chi connectivity index (χ3n) is 5.67. The fourth-order valence-corrected chi connectivity index (χ4v) is 3.97. The number of carbonyl (C=O) groups excluding carboxylic acids is 2. The monoisotopic (exact) mass is 510 g/mol. The fourth-order valence-electron chi connectivity index (χ4n) is 3.78. The van der Waals surface area contributed by atoms with Crippen LogP contribution < -0.4 is 10.1 Å². The van der Waals surface area contributed by atoms with E-state index in [1.165, 1.54) is 11.0 Å². The number of aromatic nitrogens is 1. The zero-order valence-electron chi connectivity index (χ0n) is 19.6. The molecule has 0 aliphatic heterocycles. The largest absolute Gasteiger partial charge is 0.433 e. The van der Waals surface area contributed by atoms with Gasteiger partial charge in [-0.15, -0.1) is 0 Å². The summed E-state index contributed by atoms with van der Waals surface area (Å²) in [5, 5.41) is 14.9. The minimum Gasteiger partial charge on any atom is -0.408 e. The molecule has 0 spiro atoms. The Kier molecular flexibility index (Phi) is 7.25. The van der Waals surface area contributed by atoms with E-state index in [-0.39, 0.29) is 17.2 Å². The van der Waals surface area contributed by atoms with Crippen molar-refractivity contribution in [2.24, 2.45) is 0 Å². The highest BCUT2D eigenvalue weighted by Crippen LogP contribution is 2.36. The molecule has 2 aromatic carbocycles. The molecule has 10 nitrogen and oxygen atoms in total. The summed E-state index contributed by atoms with van der Waals surface area (Å²) < 4.78 is 12.6. The quantitative estimate of drug-likeness (QED) is 0.231. The highest BCUT2D eigenvalue weighted by Gasteiger charge is 2.23. The number of hydrogen-bond donors (Lipinski definition) is 1. The molecule has 2 aromatic heterocycles. The fraction of sp³-hybridized carbons (Fsp3) is 0.200. The second-order valence-corrected chi connectivity index (χ2v) is 8.20. The van der Waals surface area contributed by atoms with Crippen LogP contribution in [0.25, 0.3) is 10.9 Å². The first kappa shape index (κ1) is 24.8. The Balaban J connectivity index is 1.74. The zero-order valence-corrected chi connectivity index (χ0v) is 20.3. The Bertz CT molecular complexity index is 1440. The molecule has 0 aliphatic rings. The maximum Gasteiger partial charge on any atom is 0.433 e. The summed E-state index contributed by atoms with van der Waals surface area (Å²) in [5.41, 5.74) is 1.88. The number of furan rings is 1. The lowest BCUT2D eigenvalue weighted by molar-refractivity contribution is -0.402. The van der Waals surface area contributed by atoms with Crippen LogP contribution in [0.1, 0.15) is 30.0 Å². The maximum absolute atomic E-state index is 12.9. The van der Waals surface area contributed by atoms with E-state index in [2.05, 4.69) is 5.32 Å². The molecule has 2 heterocycles. The first-order valence-electron chi connectivity index (χ1n) is 11.2. The Labute approximate surface area is 211 Å². The molecule has 11 heteroatoms. The van der Waals surface area contributed by atoms with Crippen LogP contribution in [0.5, 0.6) is 5.75 Å². The van der Waals surface area contributed by atoms with E-state index in [1.807, 2.05) is 48.9 Å². The molecule has 4 rings (SSSR count). The van der Waals surface area contributed by atoms with Crippen molar-refractivity contribution in [2.45, 2.75) is 20.4 Å². The lowest BCUT2D eigenvalue weighted by atomic mass is 10.2. The number of fused-ring (bicyclic) bond motifs is 1. The summed E-state index contributed by atoms with van der Waals surface area (Å²) in [6.45, 7) is 5.02. The molecule has 0 bridgehead atoms. The number of nitrogens with zero attached hydrogens (tertiary/aromatic N) is 3. The lowest BCUT2D eigenvalue weighted by Crippen LogP contribution is -2.33. The number of anilines is 1. The molecule has 0 atom stereocenters. The number of nitro groups is 1. The Morgan fingerprint density at radius 1 is 1.11 bits per heavy atom. The van der Waals surface area contributed by atoms with Gasteiger partial charge in [0.05, 0.1) is 17.3 Å². The summed E-state index contributed by atoms with van der Waals surface area (Å²) >= 11 is 6.33. The molecular weight excluding hydrogens is 488 g/mol. The molecule has 186 valence electrons. The maximum atomic E-state index is 12.9. The average molecular weight is 511 g/mol. The number of hydrogen-bond acceptors (Lipinski definition) is 6. The molecular formula is C25H23ClN4O6. The number of amides is 2. The van der Waals surface area contributed by atoms with Crippen LogP contribution in [0.3, 0.4) is 0 Å². The van der Waals surface area contributed by atoms with Crippen LogP contribution in [0, 0.1) is 10.1 Å². The average Bonchev–Trinajstić information content (AvgIpc) is 3.51. The highest BCUT2D eigenvalue weighted by molar-refractivity contribution is 6.31. The van der Waals surface area contributed by atoms with E-state index >= 15 is 0 Å². The van der Waals surface area contributed by atoms with Gasteiger partial charge in [-0.25, -0.2) is 4.79 Å². The van der Waals surface area contributed by atoms with Crippen LogP contribution in [0.4, 0.5) is 16.4 Å². The third kappa shape index (κ3) is 5.03. The predicted molar refractivity (Wildman–Crippen MR) is 135 cm³/mol. The zero-order chi connectivity index (χ0) is 25.8. The number of ether oxygens (including phenoxy) is 1. The highest BCUT2D eigenvalue weighted by atomic mass is 35.5. The number of benzene rings is 2. The number of nitrogens with one attached hydrogen (secondary N) is 1. The number of rotatable bonds is 8. The first-order valence-corrected chi connectivity index (χ1v) is 11.6. The van der Waals surface area contributed by atoms with Crippen molar-refractivity contribution in [2.75, 3.05) is 18.4 Å². The SMILES string of the molecule is CCN(CC)C(=O)Oc1ccc2c(ccn2Cc2ccccc2Cl)c1NC(=O)c1ccc([N+](=O)[O-])o1. The van der Waals surface area contributed by atoms with Gasteiger partial charge in [-0.3, -0.25) is 14.9 Å². The third-order valence-corrected chi connectivity index (χ3v) is 6.04. The van der Waals surface area contributed by atoms with Gasteiger partial charge >= 0.3 is 12.0 Å². The van der Waals surface area contributed by atoms with E-state index in [4.69, 9.17) is 20.8 Å². The van der Waals surface area contributed by atoms with E-state index in [0.29, 0.717) is 30.0 Å². The van der Waals surface area contributed by atoms with E-state index in [1.54, 1.807) is 18.2 Å². The van der Waals surface area contributed by atoms with Gasteiger partial charge < -0.3 is 23.9 Å². The molecule has 0 saturated heterocycles. The van der Waals surface area contributed by atoms with Crippen molar-refractivity contribution in [3.63, 3.8) is 0 Å². The van der Waals surface area contributed by atoms with Crippen molar-refractivity contribution in [1.29, 1.82) is 0 Å². The Morgan fingerprint density at radius 2 is 1.86 bits per heavy atom. The van der Waals surface area contributed by atoms with Gasteiger partial charge in [0.25, 0.3) is 5.91 Å². The van der Waals surface area contributed by atoms with Gasteiger partial charge in [-0.1, -0.05) is 29.8 Å². The van der Waals surface area contributed by atoms with Gasteiger partial charge in [-0.2, -0.15) is 0 Å². The van der Waals surface area contributed by atoms with E-state index < -0.39 is 22.8 Å². The van der Waals surface area contributed by atoms with Gasteiger partial charge in [-0.05, 0) is 49.7 Å². The van der Waals surface area contributed by atoms with Crippen LogP contribution in [0.15, 0.2) is 65.2 Å². The molecule has 4 aromatic rings. The minimum atomic E-state index is -0.733. The molecule has 0 unspecified atom stereocenters. The molecule has 0 fully saturated rings. The van der Waals surface area contributed by atoms with Crippen LogP contribution in [0.2, 0.25) is 5.02 Å². The second-order valence-electron chi connectivity index (χ2n) is 7.80. The normalized spacial score (nSPS) is 10.9. The van der Waals surface area contributed by atoms with Crippen molar-refractivity contribution < 1.29 is 23.7 Å². The molecule has 0 radical (unpaired) electrons. The summed E-state index contributed by atoms with van der Waals surface area (Å²) in [5.74, 6) is -1.41. The molecule has 36 heavy (non-hydrogen) atoms. The summed E-state index contributed by atoms with van der Waals surface area (Å²) in [6.07, 6.45) is 1.26. The molecule has 1 N–H and O–H groups in total. The molecule has 0 aliphatic carbocycles. The summed E-state index contributed by atoms with van der Waals surface area (Å²) in [6, 6.07) is 14.9. The summed E-state index contributed by atoms with van der Waals surface area (Å²) in [7, 11) is 0. The van der Waals surface area contributed by atoms with Crippen molar-refractivity contribution in [3.8, 4) is 5.75 Å². The van der Waals surface area contributed by atoms with Crippen molar-refractivity contribution in [3.05, 3.63) is 87.3 Å². The van der Waals surface area contributed by atoms with Gasteiger partial charge in [0, 0.05) is 36.2 Å². The standard InChI is InChI=1S/C25H23ClN4O6/c1-3-28(4-2)25(32)36-20-10-9-19-17(13-14-29(19)15-16-7-5-6-8-18(16)26)23(20)27-24(31)21-11-12-22(35-21)30(33)34/h5-14H,3-4,15H2,1-2H3,(H,27,31). The number of halogens is 1. The van der Waals surface area contributed by atoms with Gasteiger partial charge in [0.15, 0.2) is 11.5 Å². The van der Waals surface area contributed by atoms with E-state index in [9.17, 15) is 19.7 Å². The predicted octanol–water partition coefficient (Wildman–Crippen LogP) is 5.94. The van der Waals surface area contributed by atoms with Crippen LogP contribution >= 0.6 is 11.6 Å². The second kappa shape index (κ2) is 10.5. The minimum absolute atomic E-state index is 0.129. The summed E-state index contributed by atoms with van der Waals surface area (Å²) in [4.78, 5) is 37.3. The van der Waals surface area contributed by atoms with Crippen LogP contribution in [-0.2, 0) is 6.54 Å². The van der Waals surface area contributed by atoms with Crippen molar-refractivity contribution >= 4 is 46.1 Å². The smallest absolute Gasteiger partial charge is 0.408 e. The first-order chi connectivity index (χ1) is 17.3. The van der Waals surface area contributed by atoms with Crippen LogP contribution in [-0.4, -0.2) is 39.5 Å². The van der Waals surface area contributed by atoms with E-state index in [0.717, 1.165) is 17.1 Å². The van der Waals surface area contributed by atoms with Gasteiger partial charge in [0.1, 0.15) is 4.92 Å². The molecule has 2 amide bonds. The topological polar surface area (TPSA) is 120 Å². The Hall–Kier alpha value is -4.31. The number of carbonyl (C=O) groups is 2.